The highest BCUT2D eigenvalue weighted by molar-refractivity contribution is 6.39. The van der Waals surface area contributed by atoms with Gasteiger partial charge in [0, 0.05) is 18.3 Å². The van der Waals surface area contributed by atoms with Gasteiger partial charge in [0.15, 0.2) is 0 Å². The number of aryl methyl sites for hydroxylation is 1. The van der Waals surface area contributed by atoms with Gasteiger partial charge in [0.05, 0.1) is 33.0 Å². The zero-order valence-electron chi connectivity index (χ0n) is 16.2. The fourth-order valence-electron chi connectivity index (χ4n) is 3.78. The standard InChI is InChI=1S/C21H24Cl2N6/c1-12-9-18-19(27-14-7-5-13(24)6-8-14)15(10-26-29(18)11-12)21(25)28-20-16(22)3-2-4-17(20)23/h2-4,9-11,13-14,27H,5-8,24H2,1H3,(H2,25,28)/t13-,14-. The second-order valence-corrected chi connectivity index (χ2v) is 8.42. The second-order valence-electron chi connectivity index (χ2n) is 7.60. The molecule has 6 nitrogen and oxygen atoms in total. The highest BCUT2D eigenvalue weighted by atomic mass is 35.5. The number of amidine groups is 1. The number of benzene rings is 1. The highest BCUT2D eigenvalue weighted by Gasteiger charge is 2.22. The van der Waals surface area contributed by atoms with Crippen molar-refractivity contribution in [3.05, 3.63) is 57.8 Å². The van der Waals surface area contributed by atoms with E-state index in [0.717, 1.165) is 48.0 Å². The predicted molar refractivity (Wildman–Crippen MR) is 121 cm³/mol. The van der Waals surface area contributed by atoms with Crippen molar-refractivity contribution in [2.45, 2.75) is 44.7 Å². The molecule has 4 rings (SSSR count). The number of nitrogens with one attached hydrogen (secondary N) is 1. The molecule has 5 N–H and O–H groups in total. The van der Waals surface area contributed by atoms with Crippen LogP contribution in [0.4, 0.5) is 11.4 Å². The molecule has 1 saturated carbocycles. The Bertz CT molecular complexity index is 1050. The zero-order chi connectivity index (χ0) is 20.5. The van der Waals surface area contributed by atoms with Crippen LogP contribution in [-0.2, 0) is 0 Å². The van der Waals surface area contributed by atoms with Crippen LogP contribution in [0.25, 0.3) is 5.52 Å². The van der Waals surface area contributed by atoms with Crippen LogP contribution in [0.15, 0.2) is 41.7 Å². The first kappa shape index (κ1) is 20.0. The van der Waals surface area contributed by atoms with Gasteiger partial charge in [0.2, 0.25) is 0 Å². The zero-order valence-corrected chi connectivity index (χ0v) is 17.7. The van der Waals surface area contributed by atoms with Crippen LogP contribution in [-0.4, -0.2) is 27.5 Å². The molecule has 1 aliphatic rings. The van der Waals surface area contributed by atoms with Gasteiger partial charge in [0.25, 0.3) is 0 Å². The van der Waals surface area contributed by atoms with E-state index < -0.39 is 0 Å². The molecule has 1 fully saturated rings. The minimum absolute atomic E-state index is 0.287. The molecular weight excluding hydrogens is 407 g/mol. The fraction of sp³-hybridized carbons (Fsp3) is 0.333. The van der Waals surface area contributed by atoms with E-state index in [-0.39, 0.29) is 6.04 Å². The Morgan fingerprint density at radius 1 is 1.21 bits per heavy atom. The fourth-order valence-corrected chi connectivity index (χ4v) is 4.26. The van der Waals surface area contributed by atoms with Crippen molar-refractivity contribution in [3.8, 4) is 0 Å². The van der Waals surface area contributed by atoms with Crippen molar-refractivity contribution < 1.29 is 0 Å². The van der Waals surface area contributed by atoms with E-state index in [0.29, 0.717) is 27.6 Å². The number of anilines is 1. The highest BCUT2D eigenvalue weighted by Crippen LogP contribution is 2.34. The van der Waals surface area contributed by atoms with Gasteiger partial charge in [-0.1, -0.05) is 29.3 Å². The molecule has 0 aliphatic heterocycles. The third kappa shape index (κ3) is 4.20. The van der Waals surface area contributed by atoms with Crippen LogP contribution in [0, 0.1) is 6.92 Å². The Hall–Kier alpha value is -2.28. The molecule has 29 heavy (non-hydrogen) atoms. The lowest BCUT2D eigenvalue weighted by Crippen LogP contribution is -2.33. The van der Waals surface area contributed by atoms with Crippen molar-refractivity contribution in [1.29, 1.82) is 0 Å². The smallest absolute Gasteiger partial charge is 0.135 e. The Labute approximate surface area is 179 Å². The molecule has 0 saturated heterocycles. The number of nitrogens with zero attached hydrogens (tertiary/aromatic N) is 3. The van der Waals surface area contributed by atoms with Crippen molar-refractivity contribution in [3.63, 3.8) is 0 Å². The summed E-state index contributed by atoms with van der Waals surface area (Å²) in [5, 5.41) is 9.08. The molecule has 0 amide bonds. The molecular formula is C21H24Cl2N6. The summed E-state index contributed by atoms with van der Waals surface area (Å²) >= 11 is 12.5. The summed E-state index contributed by atoms with van der Waals surface area (Å²) in [6, 6.07) is 7.95. The maximum atomic E-state index is 6.41. The minimum atomic E-state index is 0.287. The molecule has 3 aromatic rings. The van der Waals surface area contributed by atoms with Crippen LogP contribution in [0.2, 0.25) is 10.0 Å². The predicted octanol–water partition coefficient (Wildman–Crippen LogP) is 4.67. The molecule has 0 unspecified atom stereocenters. The Morgan fingerprint density at radius 2 is 1.90 bits per heavy atom. The summed E-state index contributed by atoms with van der Waals surface area (Å²) in [5.74, 6) is 0.309. The van der Waals surface area contributed by atoms with Gasteiger partial charge in [0.1, 0.15) is 11.5 Å². The first-order chi connectivity index (χ1) is 13.9. The van der Waals surface area contributed by atoms with Crippen LogP contribution in [0.1, 0.15) is 36.8 Å². The molecule has 0 bridgehead atoms. The summed E-state index contributed by atoms with van der Waals surface area (Å²) in [5.41, 5.74) is 16.7. The number of para-hydroxylation sites is 1. The minimum Gasteiger partial charge on any atom is -0.383 e. The molecule has 0 radical (unpaired) electrons. The number of aliphatic imine (C=N–C) groups is 1. The van der Waals surface area contributed by atoms with E-state index >= 15 is 0 Å². The Kier molecular flexibility index (Phi) is 5.67. The Balaban J connectivity index is 1.78. The summed E-state index contributed by atoms with van der Waals surface area (Å²) in [6.07, 6.45) is 7.76. The largest absolute Gasteiger partial charge is 0.383 e. The lowest BCUT2D eigenvalue weighted by Gasteiger charge is -2.28. The van der Waals surface area contributed by atoms with Gasteiger partial charge < -0.3 is 16.8 Å². The van der Waals surface area contributed by atoms with E-state index in [9.17, 15) is 0 Å². The number of halogens is 2. The summed E-state index contributed by atoms with van der Waals surface area (Å²) in [7, 11) is 0. The number of hydrogen-bond donors (Lipinski definition) is 3. The number of fused-ring (bicyclic) bond motifs is 1. The topological polar surface area (TPSA) is 93.7 Å². The maximum Gasteiger partial charge on any atom is 0.135 e. The summed E-state index contributed by atoms with van der Waals surface area (Å²) in [6.45, 7) is 2.04. The molecule has 1 aliphatic carbocycles. The number of rotatable bonds is 4. The van der Waals surface area contributed by atoms with Gasteiger partial charge in [-0.05, 0) is 56.4 Å². The lowest BCUT2D eigenvalue weighted by molar-refractivity contribution is 0.411. The maximum absolute atomic E-state index is 6.41. The van der Waals surface area contributed by atoms with E-state index in [1.54, 1.807) is 24.4 Å². The van der Waals surface area contributed by atoms with Crippen LogP contribution >= 0.6 is 23.2 Å². The van der Waals surface area contributed by atoms with Crippen molar-refractivity contribution in [2.24, 2.45) is 16.5 Å². The number of aromatic nitrogens is 2. The number of hydrogen-bond acceptors (Lipinski definition) is 4. The van der Waals surface area contributed by atoms with E-state index in [2.05, 4.69) is 21.5 Å². The Morgan fingerprint density at radius 3 is 2.59 bits per heavy atom. The van der Waals surface area contributed by atoms with Crippen LogP contribution in [0.5, 0.6) is 0 Å². The van der Waals surface area contributed by atoms with Crippen molar-refractivity contribution in [1.82, 2.24) is 9.61 Å². The van der Waals surface area contributed by atoms with Crippen LogP contribution < -0.4 is 16.8 Å². The quantitative estimate of drug-likeness (QED) is 0.414. The van der Waals surface area contributed by atoms with Crippen LogP contribution in [0.3, 0.4) is 0 Å². The summed E-state index contributed by atoms with van der Waals surface area (Å²) in [4.78, 5) is 4.53. The number of nitrogens with two attached hydrogens (primary N) is 2. The molecule has 8 heteroatoms. The molecule has 2 aromatic heterocycles. The average Bonchev–Trinajstić information content (AvgIpc) is 3.07. The van der Waals surface area contributed by atoms with Gasteiger partial charge in [-0.3, -0.25) is 0 Å². The SMILES string of the molecule is Cc1cc2c(N[C@H]3CC[C@H](N)CC3)c(/C(N)=N/c3c(Cl)cccc3Cl)cnn2c1. The monoisotopic (exact) mass is 430 g/mol. The van der Waals surface area contributed by atoms with E-state index in [1.165, 1.54) is 0 Å². The van der Waals surface area contributed by atoms with Gasteiger partial charge in [-0.15, -0.1) is 0 Å². The van der Waals surface area contributed by atoms with Gasteiger partial charge in [-0.2, -0.15) is 5.10 Å². The van der Waals surface area contributed by atoms with Gasteiger partial charge >= 0.3 is 0 Å². The molecule has 1 aromatic carbocycles. The molecule has 0 spiro atoms. The third-order valence-electron chi connectivity index (χ3n) is 5.34. The van der Waals surface area contributed by atoms with Crippen molar-refractivity contribution in [2.75, 3.05) is 5.32 Å². The first-order valence-corrected chi connectivity index (χ1v) is 10.5. The van der Waals surface area contributed by atoms with Crippen molar-refractivity contribution >= 4 is 45.9 Å². The lowest BCUT2D eigenvalue weighted by atomic mass is 9.91. The molecule has 0 atom stereocenters. The third-order valence-corrected chi connectivity index (χ3v) is 5.95. The molecule has 152 valence electrons. The van der Waals surface area contributed by atoms with Gasteiger partial charge in [-0.25, -0.2) is 9.51 Å². The normalized spacial score (nSPS) is 20.2. The van der Waals surface area contributed by atoms with E-state index in [4.69, 9.17) is 34.7 Å². The summed E-state index contributed by atoms with van der Waals surface area (Å²) < 4.78 is 1.85. The van der Waals surface area contributed by atoms with E-state index in [1.807, 2.05) is 17.6 Å². The molecule has 2 heterocycles. The first-order valence-electron chi connectivity index (χ1n) is 9.71. The average molecular weight is 431 g/mol. The second kappa shape index (κ2) is 8.22.